The summed E-state index contributed by atoms with van der Waals surface area (Å²) < 4.78 is 21.4. The van der Waals surface area contributed by atoms with E-state index in [-0.39, 0.29) is 6.61 Å². The Bertz CT molecular complexity index is 773. The number of allylic oxidation sites excluding steroid dienone is 2. The molecular formula is C21H26O6. The second-order valence-corrected chi connectivity index (χ2v) is 6.67. The fourth-order valence-corrected chi connectivity index (χ4v) is 2.50. The molecule has 0 bridgehead atoms. The monoisotopic (exact) mass is 374 g/mol. The van der Waals surface area contributed by atoms with Gasteiger partial charge in [-0.1, -0.05) is 30.4 Å². The standard InChI is InChI=1S/C21H26O6/c1-14(16(12-24-4)20(23)25-5)8-6-9-15-10-7-11-17-19(15)27-21(2,3)18(22)13-26-17/h6-12,18,22H,13H2,1-5H3/b9-6+,14-8-,16-12+/t18-/m0/s1. The van der Waals surface area contributed by atoms with E-state index in [2.05, 4.69) is 0 Å². The van der Waals surface area contributed by atoms with E-state index >= 15 is 0 Å². The molecule has 0 saturated heterocycles. The zero-order valence-corrected chi connectivity index (χ0v) is 16.3. The third kappa shape index (κ3) is 4.92. The lowest BCUT2D eigenvalue weighted by atomic mass is 10.0. The largest absolute Gasteiger partial charge is 0.503 e. The third-order valence-corrected chi connectivity index (χ3v) is 4.26. The van der Waals surface area contributed by atoms with E-state index in [1.165, 1.54) is 20.5 Å². The molecule has 0 spiro atoms. The number of benzene rings is 1. The number of carbonyl (C=O) groups excluding carboxylic acids is 1. The van der Waals surface area contributed by atoms with Gasteiger partial charge in [-0.2, -0.15) is 0 Å². The summed E-state index contributed by atoms with van der Waals surface area (Å²) in [7, 11) is 2.79. The first-order valence-electron chi connectivity index (χ1n) is 8.59. The van der Waals surface area contributed by atoms with E-state index in [1.807, 2.05) is 32.1 Å². The van der Waals surface area contributed by atoms with E-state index < -0.39 is 17.7 Å². The van der Waals surface area contributed by atoms with E-state index in [0.29, 0.717) is 22.6 Å². The molecule has 1 aliphatic rings. The van der Waals surface area contributed by atoms with Crippen LogP contribution in [-0.2, 0) is 14.3 Å². The Morgan fingerprint density at radius 3 is 2.74 bits per heavy atom. The molecule has 0 unspecified atom stereocenters. The van der Waals surface area contributed by atoms with Gasteiger partial charge in [0.2, 0.25) is 0 Å². The quantitative estimate of drug-likeness (QED) is 0.369. The third-order valence-electron chi connectivity index (χ3n) is 4.26. The zero-order valence-electron chi connectivity index (χ0n) is 16.3. The number of methoxy groups -OCH3 is 2. The Morgan fingerprint density at radius 2 is 2.07 bits per heavy atom. The minimum Gasteiger partial charge on any atom is -0.503 e. The summed E-state index contributed by atoms with van der Waals surface area (Å²) in [5, 5.41) is 10.2. The van der Waals surface area contributed by atoms with Crippen molar-refractivity contribution in [2.24, 2.45) is 0 Å². The molecule has 0 amide bonds. The SMILES string of the molecule is CO\C=C(C(=O)OC)/C(C)=C\C=C\c1cccc2c1OC(C)(C)[C@@H](O)CO2. The van der Waals surface area contributed by atoms with Crippen molar-refractivity contribution in [3.05, 3.63) is 53.3 Å². The van der Waals surface area contributed by atoms with Crippen molar-refractivity contribution >= 4 is 12.0 Å². The summed E-state index contributed by atoms with van der Waals surface area (Å²) in [6.45, 7) is 5.59. The van der Waals surface area contributed by atoms with Crippen molar-refractivity contribution in [3.63, 3.8) is 0 Å². The van der Waals surface area contributed by atoms with Crippen LogP contribution < -0.4 is 9.47 Å². The van der Waals surface area contributed by atoms with Gasteiger partial charge in [-0.15, -0.1) is 0 Å². The maximum Gasteiger partial charge on any atom is 0.341 e. The number of fused-ring (bicyclic) bond motifs is 1. The first kappa shape index (κ1) is 20.6. The van der Waals surface area contributed by atoms with Crippen LogP contribution >= 0.6 is 0 Å². The van der Waals surface area contributed by atoms with Crippen LogP contribution in [0.5, 0.6) is 11.5 Å². The minimum absolute atomic E-state index is 0.163. The predicted octanol–water partition coefficient (Wildman–Crippen LogP) is 3.26. The van der Waals surface area contributed by atoms with Crippen molar-refractivity contribution in [2.75, 3.05) is 20.8 Å². The van der Waals surface area contributed by atoms with Gasteiger partial charge in [0, 0.05) is 5.56 Å². The molecular weight excluding hydrogens is 348 g/mol. The lowest BCUT2D eigenvalue weighted by Gasteiger charge is -2.28. The topological polar surface area (TPSA) is 74.2 Å². The number of aliphatic hydroxyl groups excluding tert-OH is 1. The molecule has 6 nitrogen and oxygen atoms in total. The van der Waals surface area contributed by atoms with Crippen molar-refractivity contribution in [2.45, 2.75) is 32.5 Å². The fourth-order valence-electron chi connectivity index (χ4n) is 2.50. The molecule has 146 valence electrons. The molecule has 1 aliphatic heterocycles. The Balaban J connectivity index is 2.31. The van der Waals surface area contributed by atoms with Gasteiger partial charge in [0.15, 0.2) is 11.5 Å². The Hall–Kier alpha value is -2.73. The van der Waals surface area contributed by atoms with Crippen LogP contribution in [0.1, 0.15) is 26.3 Å². The Labute approximate surface area is 159 Å². The van der Waals surface area contributed by atoms with Gasteiger partial charge in [0.05, 0.1) is 26.1 Å². The first-order chi connectivity index (χ1) is 12.8. The number of hydrogen-bond donors (Lipinski definition) is 1. The number of ether oxygens (including phenoxy) is 4. The normalized spacial score (nSPS) is 19.6. The average Bonchev–Trinajstić information content (AvgIpc) is 2.75. The molecule has 1 aromatic rings. The van der Waals surface area contributed by atoms with E-state index in [9.17, 15) is 9.90 Å². The molecule has 0 aliphatic carbocycles. The summed E-state index contributed by atoms with van der Waals surface area (Å²) in [4.78, 5) is 11.8. The van der Waals surface area contributed by atoms with Crippen LogP contribution in [0.2, 0.25) is 0 Å². The molecule has 2 rings (SSSR count). The summed E-state index contributed by atoms with van der Waals surface area (Å²) in [6, 6.07) is 5.55. The molecule has 1 N–H and O–H groups in total. The van der Waals surface area contributed by atoms with Gasteiger partial charge >= 0.3 is 5.97 Å². The summed E-state index contributed by atoms with van der Waals surface area (Å²) in [5.74, 6) is 0.680. The molecule has 1 heterocycles. The van der Waals surface area contributed by atoms with Gasteiger partial charge in [-0.3, -0.25) is 0 Å². The molecule has 1 aromatic carbocycles. The highest BCUT2D eigenvalue weighted by molar-refractivity contribution is 5.93. The second kappa shape index (κ2) is 8.77. The molecule has 0 fully saturated rings. The minimum atomic E-state index is -0.778. The van der Waals surface area contributed by atoms with Gasteiger partial charge < -0.3 is 24.1 Å². The van der Waals surface area contributed by atoms with Crippen molar-refractivity contribution in [1.82, 2.24) is 0 Å². The fraction of sp³-hybridized carbons (Fsp3) is 0.381. The molecule has 27 heavy (non-hydrogen) atoms. The van der Waals surface area contributed by atoms with Crippen molar-refractivity contribution in [1.29, 1.82) is 0 Å². The second-order valence-electron chi connectivity index (χ2n) is 6.67. The Kier molecular flexibility index (Phi) is 6.69. The first-order valence-corrected chi connectivity index (χ1v) is 8.59. The maximum atomic E-state index is 11.8. The molecule has 1 atom stereocenters. The highest BCUT2D eigenvalue weighted by Gasteiger charge is 2.35. The molecule has 0 radical (unpaired) electrons. The van der Waals surface area contributed by atoms with Crippen molar-refractivity contribution < 1.29 is 28.8 Å². The number of carbonyl (C=O) groups is 1. The average molecular weight is 374 g/mol. The van der Waals surface area contributed by atoms with Crippen LogP contribution in [0.25, 0.3) is 6.08 Å². The molecule has 6 heteroatoms. The maximum absolute atomic E-state index is 11.8. The smallest absolute Gasteiger partial charge is 0.341 e. The highest BCUT2D eigenvalue weighted by atomic mass is 16.6. The number of para-hydroxylation sites is 1. The summed E-state index contributed by atoms with van der Waals surface area (Å²) >= 11 is 0. The van der Waals surface area contributed by atoms with Gasteiger partial charge in [0.25, 0.3) is 0 Å². The molecule has 0 saturated carbocycles. The van der Waals surface area contributed by atoms with Gasteiger partial charge in [-0.25, -0.2) is 4.79 Å². The van der Waals surface area contributed by atoms with Crippen LogP contribution in [0.15, 0.2) is 47.8 Å². The van der Waals surface area contributed by atoms with Gasteiger partial charge in [-0.05, 0) is 32.4 Å². The summed E-state index contributed by atoms with van der Waals surface area (Å²) in [6.07, 6.45) is 6.03. The van der Waals surface area contributed by atoms with E-state index in [0.717, 1.165) is 5.56 Å². The number of hydrogen-bond acceptors (Lipinski definition) is 6. The summed E-state index contributed by atoms with van der Waals surface area (Å²) in [5.41, 5.74) is 1.05. The van der Waals surface area contributed by atoms with Crippen LogP contribution in [-0.4, -0.2) is 43.6 Å². The number of aliphatic hydroxyl groups is 1. The predicted molar refractivity (Wildman–Crippen MR) is 103 cm³/mol. The highest BCUT2D eigenvalue weighted by Crippen LogP contribution is 2.38. The number of rotatable bonds is 5. The van der Waals surface area contributed by atoms with Crippen LogP contribution in [0.3, 0.4) is 0 Å². The van der Waals surface area contributed by atoms with Crippen molar-refractivity contribution in [3.8, 4) is 11.5 Å². The lowest BCUT2D eigenvalue weighted by Crippen LogP contribution is -2.43. The number of esters is 1. The van der Waals surface area contributed by atoms with Crippen LogP contribution in [0, 0.1) is 0 Å². The van der Waals surface area contributed by atoms with Crippen LogP contribution in [0.4, 0.5) is 0 Å². The molecule has 0 aromatic heterocycles. The van der Waals surface area contributed by atoms with E-state index in [1.54, 1.807) is 25.1 Å². The van der Waals surface area contributed by atoms with Gasteiger partial charge in [0.1, 0.15) is 18.3 Å². The lowest BCUT2D eigenvalue weighted by molar-refractivity contribution is -0.135. The Morgan fingerprint density at radius 1 is 1.33 bits per heavy atom. The van der Waals surface area contributed by atoms with E-state index in [4.69, 9.17) is 18.9 Å². The zero-order chi connectivity index (χ0) is 20.0.